The molecule has 0 heterocycles. The minimum Gasteiger partial charge on any atom is -0.383 e. The van der Waals surface area contributed by atoms with Gasteiger partial charge in [-0.25, -0.2) is 0 Å². The van der Waals surface area contributed by atoms with Gasteiger partial charge in [0.25, 0.3) is 0 Å². The largest absolute Gasteiger partial charge is 0.383 e. The summed E-state index contributed by atoms with van der Waals surface area (Å²) in [6.45, 7) is 7.93. The van der Waals surface area contributed by atoms with Crippen molar-refractivity contribution < 1.29 is 9.47 Å². The molecule has 0 aliphatic heterocycles. The van der Waals surface area contributed by atoms with E-state index in [0.717, 1.165) is 45.8 Å². The summed E-state index contributed by atoms with van der Waals surface area (Å²) in [5.41, 5.74) is 0. The summed E-state index contributed by atoms with van der Waals surface area (Å²) >= 11 is 0. The third kappa shape index (κ3) is 11.6. The van der Waals surface area contributed by atoms with Gasteiger partial charge in [-0.2, -0.15) is 0 Å². The normalized spacial score (nSPS) is 10.2. The van der Waals surface area contributed by atoms with Crippen LogP contribution in [0.25, 0.3) is 0 Å². The first-order valence-electron chi connectivity index (χ1n) is 4.80. The van der Waals surface area contributed by atoms with Gasteiger partial charge in [-0.15, -0.1) is 6.58 Å². The molecule has 78 valence electrons. The second-order valence-corrected chi connectivity index (χ2v) is 2.79. The first-order chi connectivity index (χ1) is 6.41. The Morgan fingerprint density at radius 3 is 2.77 bits per heavy atom. The van der Waals surface area contributed by atoms with Gasteiger partial charge >= 0.3 is 0 Å². The fraction of sp³-hybridized carbons (Fsp3) is 0.800. The van der Waals surface area contributed by atoms with E-state index in [1.54, 1.807) is 7.11 Å². The highest BCUT2D eigenvalue weighted by Gasteiger charge is 1.88. The lowest BCUT2D eigenvalue weighted by molar-refractivity contribution is 0.135. The Morgan fingerprint density at radius 1 is 1.23 bits per heavy atom. The molecule has 0 aliphatic rings. The molecule has 13 heavy (non-hydrogen) atoms. The van der Waals surface area contributed by atoms with Crippen LogP contribution in [0.4, 0.5) is 0 Å². The summed E-state index contributed by atoms with van der Waals surface area (Å²) in [5, 5.41) is 3.25. The summed E-state index contributed by atoms with van der Waals surface area (Å²) in [5.74, 6) is 0. The zero-order chi connectivity index (χ0) is 9.78. The van der Waals surface area contributed by atoms with Crippen molar-refractivity contribution in [2.75, 3.05) is 40.0 Å². The predicted octanol–water partition coefficient (Wildman–Crippen LogP) is 1.21. The molecular formula is C10H21NO2. The van der Waals surface area contributed by atoms with Crippen molar-refractivity contribution >= 4 is 0 Å². The Kier molecular flexibility index (Phi) is 11.3. The number of rotatable bonds is 10. The highest BCUT2D eigenvalue weighted by molar-refractivity contribution is 4.64. The van der Waals surface area contributed by atoms with Gasteiger partial charge in [0.1, 0.15) is 0 Å². The monoisotopic (exact) mass is 187 g/mol. The first kappa shape index (κ1) is 12.6. The van der Waals surface area contributed by atoms with Gasteiger partial charge < -0.3 is 14.8 Å². The summed E-state index contributed by atoms with van der Waals surface area (Å²) in [6, 6.07) is 0. The van der Waals surface area contributed by atoms with Crippen LogP contribution < -0.4 is 5.32 Å². The SMILES string of the molecule is C=CCCOCCCNCCOC. The Hall–Kier alpha value is -0.380. The Balaban J connectivity index is 2.79. The molecule has 0 radical (unpaired) electrons. The van der Waals surface area contributed by atoms with E-state index in [1.807, 2.05) is 6.08 Å². The molecule has 3 nitrogen and oxygen atoms in total. The first-order valence-corrected chi connectivity index (χ1v) is 4.80. The predicted molar refractivity (Wildman–Crippen MR) is 55.0 cm³/mol. The Bertz CT molecular complexity index is 107. The van der Waals surface area contributed by atoms with Gasteiger partial charge in [0.05, 0.1) is 6.61 Å². The maximum atomic E-state index is 5.34. The smallest absolute Gasteiger partial charge is 0.0587 e. The van der Waals surface area contributed by atoms with Gasteiger partial charge in [0.15, 0.2) is 0 Å². The molecule has 0 fully saturated rings. The van der Waals surface area contributed by atoms with Gasteiger partial charge in [0, 0.05) is 26.9 Å². The van der Waals surface area contributed by atoms with E-state index in [0.29, 0.717) is 0 Å². The lowest BCUT2D eigenvalue weighted by Crippen LogP contribution is -2.21. The Morgan fingerprint density at radius 2 is 2.08 bits per heavy atom. The third-order valence-corrected chi connectivity index (χ3v) is 1.59. The van der Waals surface area contributed by atoms with Crippen LogP contribution in [-0.2, 0) is 9.47 Å². The maximum absolute atomic E-state index is 5.34. The van der Waals surface area contributed by atoms with Crippen LogP contribution in [0.15, 0.2) is 12.7 Å². The van der Waals surface area contributed by atoms with Crippen molar-refractivity contribution in [3.63, 3.8) is 0 Å². The van der Waals surface area contributed by atoms with E-state index in [2.05, 4.69) is 11.9 Å². The van der Waals surface area contributed by atoms with Crippen LogP contribution in [0.1, 0.15) is 12.8 Å². The molecule has 0 amide bonds. The minimum atomic E-state index is 0.775. The van der Waals surface area contributed by atoms with E-state index in [1.165, 1.54) is 0 Å². The quantitative estimate of drug-likeness (QED) is 0.412. The molecule has 0 rings (SSSR count). The van der Waals surface area contributed by atoms with E-state index >= 15 is 0 Å². The van der Waals surface area contributed by atoms with Crippen LogP contribution in [0.5, 0.6) is 0 Å². The second-order valence-electron chi connectivity index (χ2n) is 2.79. The lowest BCUT2D eigenvalue weighted by atomic mass is 10.4. The summed E-state index contributed by atoms with van der Waals surface area (Å²) in [6.07, 6.45) is 3.87. The molecule has 0 aromatic rings. The fourth-order valence-electron chi connectivity index (χ4n) is 0.867. The lowest BCUT2D eigenvalue weighted by Gasteiger charge is -2.04. The topological polar surface area (TPSA) is 30.5 Å². The van der Waals surface area contributed by atoms with Crippen LogP contribution in [0, 0.1) is 0 Å². The Labute approximate surface area is 81.1 Å². The van der Waals surface area contributed by atoms with Gasteiger partial charge in [0.2, 0.25) is 0 Å². The molecule has 1 N–H and O–H groups in total. The number of methoxy groups -OCH3 is 1. The van der Waals surface area contributed by atoms with Gasteiger partial charge in [-0.05, 0) is 19.4 Å². The number of hydrogen-bond donors (Lipinski definition) is 1. The average molecular weight is 187 g/mol. The fourth-order valence-corrected chi connectivity index (χ4v) is 0.867. The van der Waals surface area contributed by atoms with E-state index in [-0.39, 0.29) is 0 Å². The number of ether oxygens (including phenoxy) is 2. The van der Waals surface area contributed by atoms with Crippen molar-refractivity contribution in [3.8, 4) is 0 Å². The number of nitrogens with one attached hydrogen (secondary N) is 1. The molecule has 0 saturated carbocycles. The molecule has 0 saturated heterocycles. The molecule has 0 aromatic carbocycles. The standard InChI is InChI=1S/C10H21NO2/c1-3-4-8-13-9-5-6-11-7-10-12-2/h3,11H,1,4-10H2,2H3. The van der Waals surface area contributed by atoms with Crippen molar-refractivity contribution in [3.05, 3.63) is 12.7 Å². The van der Waals surface area contributed by atoms with E-state index in [9.17, 15) is 0 Å². The summed E-state index contributed by atoms with van der Waals surface area (Å²) in [4.78, 5) is 0. The molecule has 0 unspecified atom stereocenters. The third-order valence-electron chi connectivity index (χ3n) is 1.59. The van der Waals surface area contributed by atoms with Crippen molar-refractivity contribution in [1.29, 1.82) is 0 Å². The van der Waals surface area contributed by atoms with Crippen LogP contribution in [0.3, 0.4) is 0 Å². The minimum absolute atomic E-state index is 0.775. The zero-order valence-corrected chi connectivity index (χ0v) is 8.55. The molecule has 0 aromatic heterocycles. The zero-order valence-electron chi connectivity index (χ0n) is 8.55. The molecule has 3 heteroatoms. The second kappa shape index (κ2) is 11.6. The van der Waals surface area contributed by atoms with Crippen molar-refractivity contribution in [2.45, 2.75) is 12.8 Å². The van der Waals surface area contributed by atoms with Gasteiger partial charge in [-0.1, -0.05) is 6.08 Å². The van der Waals surface area contributed by atoms with Crippen LogP contribution in [-0.4, -0.2) is 40.0 Å². The highest BCUT2D eigenvalue weighted by atomic mass is 16.5. The van der Waals surface area contributed by atoms with E-state index in [4.69, 9.17) is 9.47 Å². The molecule has 0 bridgehead atoms. The van der Waals surface area contributed by atoms with E-state index < -0.39 is 0 Å². The summed E-state index contributed by atoms with van der Waals surface area (Å²) < 4.78 is 10.2. The molecule has 0 atom stereocenters. The maximum Gasteiger partial charge on any atom is 0.0587 e. The highest BCUT2D eigenvalue weighted by Crippen LogP contribution is 1.85. The summed E-state index contributed by atoms with van der Waals surface area (Å²) in [7, 11) is 1.71. The van der Waals surface area contributed by atoms with Crippen LogP contribution in [0.2, 0.25) is 0 Å². The van der Waals surface area contributed by atoms with Crippen molar-refractivity contribution in [2.24, 2.45) is 0 Å². The molecular weight excluding hydrogens is 166 g/mol. The van der Waals surface area contributed by atoms with Crippen LogP contribution >= 0.6 is 0 Å². The average Bonchev–Trinajstić information content (AvgIpc) is 2.16. The van der Waals surface area contributed by atoms with Crippen molar-refractivity contribution in [1.82, 2.24) is 5.32 Å². The molecule has 0 spiro atoms. The molecule has 0 aliphatic carbocycles. The van der Waals surface area contributed by atoms with Gasteiger partial charge in [-0.3, -0.25) is 0 Å². The number of hydrogen-bond acceptors (Lipinski definition) is 3.